The maximum absolute atomic E-state index is 11.7. The number of aliphatic hydroxyl groups is 2. The fraction of sp³-hybridized carbons (Fsp3) is 0.667. The molecule has 1 aliphatic carbocycles. The first-order chi connectivity index (χ1) is 8.90. The number of carbonyl (C=O) groups excluding carboxylic acids is 1. The summed E-state index contributed by atoms with van der Waals surface area (Å²) >= 11 is 0. The van der Waals surface area contributed by atoms with Crippen molar-refractivity contribution in [1.82, 2.24) is 0 Å². The Kier molecular flexibility index (Phi) is 4.11. The van der Waals surface area contributed by atoms with Crippen LogP contribution in [0.5, 0.6) is 0 Å². The summed E-state index contributed by atoms with van der Waals surface area (Å²) in [5, 5.41) is 20.2. The SMILES string of the molecule is C=C1CC[C@H](O)/C(C)=C/[C@H]2OC(=O)[C@@H](C)[C@@H]2C[C@@H]1O. The number of hydrogen-bond donors (Lipinski definition) is 2. The lowest BCUT2D eigenvalue weighted by atomic mass is 9.82. The molecule has 19 heavy (non-hydrogen) atoms. The van der Waals surface area contributed by atoms with Crippen LogP contribution >= 0.6 is 0 Å². The zero-order valence-corrected chi connectivity index (χ0v) is 11.5. The second-order valence-corrected chi connectivity index (χ2v) is 5.73. The van der Waals surface area contributed by atoms with Gasteiger partial charge in [-0.05, 0) is 43.4 Å². The Balaban J connectivity index is 2.30. The highest BCUT2D eigenvalue weighted by atomic mass is 16.6. The molecule has 0 aromatic carbocycles. The van der Waals surface area contributed by atoms with Crippen molar-refractivity contribution >= 4 is 5.97 Å². The fourth-order valence-electron chi connectivity index (χ4n) is 2.80. The number of ether oxygens (including phenoxy) is 1. The smallest absolute Gasteiger partial charge is 0.309 e. The lowest BCUT2D eigenvalue weighted by Crippen LogP contribution is -2.27. The summed E-state index contributed by atoms with van der Waals surface area (Å²) in [6, 6.07) is 0. The van der Waals surface area contributed by atoms with E-state index >= 15 is 0 Å². The molecule has 2 aliphatic rings. The van der Waals surface area contributed by atoms with Crippen LogP contribution in [0.3, 0.4) is 0 Å². The van der Waals surface area contributed by atoms with Crippen molar-refractivity contribution in [1.29, 1.82) is 0 Å². The Labute approximate surface area is 113 Å². The summed E-state index contributed by atoms with van der Waals surface area (Å²) in [5.74, 6) is -0.516. The molecule has 106 valence electrons. The molecule has 2 rings (SSSR count). The first-order valence-corrected chi connectivity index (χ1v) is 6.82. The first kappa shape index (κ1) is 14.3. The Morgan fingerprint density at radius 3 is 2.74 bits per heavy atom. The predicted octanol–water partition coefficient (Wildman–Crippen LogP) is 1.57. The summed E-state index contributed by atoms with van der Waals surface area (Å²) in [4.78, 5) is 11.7. The molecule has 1 saturated heterocycles. The van der Waals surface area contributed by atoms with Crippen LogP contribution in [0.4, 0.5) is 0 Å². The highest BCUT2D eigenvalue weighted by Crippen LogP contribution is 2.35. The van der Waals surface area contributed by atoms with E-state index in [0.29, 0.717) is 19.3 Å². The molecule has 0 unspecified atom stereocenters. The van der Waals surface area contributed by atoms with Gasteiger partial charge in [-0.25, -0.2) is 0 Å². The lowest BCUT2D eigenvalue weighted by Gasteiger charge is -2.25. The van der Waals surface area contributed by atoms with Gasteiger partial charge in [0.05, 0.1) is 18.1 Å². The van der Waals surface area contributed by atoms with Gasteiger partial charge in [-0.2, -0.15) is 0 Å². The van der Waals surface area contributed by atoms with Crippen molar-refractivity contribution in [2.45, 2.75) is 51.4 Å². The number of rotatable bonds is 0. The van der Waals surface area contributed by atoms with Crippen molar-refractivity contribution in [3.63, 3.8) is 0 Å². The third kappa shape index (κ3) is 2.90. The van der Waals surface area contributed by atoms with Gasteiger partial charge in [0.1, 0.15) is 6.10 Å². The van der Waals surface area contributed by atoms with Crippen LogP contribution in [-0.2, 0) is 9.53 Å². The van der Waals surface area contributed by atoms with E-state index in [0.717, 1.165) is 11.1 Å². The van der Waals surface area contributed by atoms with Gasteiger partial charge in [-0.1, -0.05) is 13.5 Å². The van der Waals surface area contributed by atoms with E-state index in [1.807, 2.05) is 19.9 Å². The standard InChI is InChI=1S/C15H22O4/c1-8-4-5-12(16)9(2)6-14-11(7-13(8)17)10(3)15(18)19-14/h6,10-14,16-17H,1,4-5,7H2,2-3H3/b9-6+/t10-,11-,12-,13-,14+/m0/s1. The van der Waals surface area contributed by atoms with Gasteiger partial charge in [-0.3, -0.25) is 4.79 Å². The van der Waals surface area contributed by atoms with Crippen molar-refractivity contribution < 1.29 is 19.7 Å². The molecule has 1 aliphatic heterocycles. The normalized spacial score (nSPS) is 43.2. The molecule has 0 aromatic rings. The largest absolute Gasteiger partial charge is 0.458 e. The van der Waals surface area contributed by atoms with Crippen molar-refractivity contribution in [3.8, 4) is 0 Å². The molecule has 5 atom stereocenters. The Hall–Kier alpha value is -1.13. The first-order valence-electron chi connectivity index (χ1n) is 6.82. The molecule has 0 spiro atoms. The van der Waals surface area contributed by atoms with Gasteiger partial charge in [0.2, 0.25) is 0 Å². The molecule has 1 fully saturated rings. The summed E-state index contributed by atoms with van der Waals surface area (Å²) < 4.78 is 5.34. The van der Waals surface area contributed by atoms with Gasteiger partial charge in [-0.15, -0.1) is 0 Å². The number of esters is 1. The van der Waals surface area contributed by atoms with Gasteiger partial charge in [0, 0.05) is 5.92 Å². The van der Waals surface area contributed by atoms with E-state index in [-0.39, 0.29) is 23.9 Å². The monoisotopic (exact) mass is 266 g/mol. The highest BCUT2D eigenvalue weighted by Gasteiger charge is 2.42. The summed E-state index contributed by atoms with van der Waals surface area (Å²) in [7, 11) is 0. The minimum Gasteiger partial charge on any atom is -0.458 e. The number of aliphatic hydroxyl groups excluding tert-OH is 2. The maximum atomic E-state index is 11.7. The maximum Gasteiger partial charge on any atom is 0.309 e. The molecule has 4 heteroatoms. The van der Waals surface area contributed by atoms with Crippen LogP contribution in [0.15, 0.2) is 23.8 Å². The second kappa shape index (κ2) is 5.47. The minimum atomic E-state index is -0.636. The number of fused-ring (bicyclic) bond motifs is 1. The molecular weight excluding hydrogens is 244 g/mol. The molecule has 4 nitrogen and oxygen atoms in total. The Bertz CT molecular complexity index is 412. The molecule has 1 heterocycles. The van der Waals surface area contributed by atoms with E-state index in [9.17, 15) is 15.0 Å². The predicted molar refractivity (Wildman–Crippen MR) is 71.3 cm³/mol. The topological polar surface area (TPSA) is 66.8 Å². The zero-order chi connectivity index (χ0) is 14.2. The van der Waals surface area contributed by atoms with Crippen LogP contribution in [0.25, 0.3) is 0 Å². The summed E-state index contributed by atoms with van der Waals surface area (Å²) in [6.07, 6.45) is 1.89. The molecule has 0 radical (unpaired) electrons. The van der Waals surface area contributed by atoms with Crippen molar-refractivity contribution in [2.75, 3.05) is 0 Å². The lowest BCUT2D eigenvalue weighted by molar-refractivity contribution is -0.142. The molecule has 0 aromatic heterocycles. The highest BCUT2D eigenvalue weighted by molar-refractivity contribution is 5.75. The van der Waals surface area contributed by atoms with Crippen LogP contribution in [0.1, 0.15) is 33.1 Å². The molecular formula is C15H22O4. The Morgan fingerprint density at radius 2 is 2.05 bits per heavy atom. The molecule has 0 amide bonds. The van der Waals surface area contributed by atoms with Crippen molar-refractivity contribution in [3.05, 3.63) is 23.8 Å². The van der Waals surface area contributed by atoms with Crippen molar-refractivity contribution in [2.24, 2.45) is 11.8 Å². The van der Waals surface area contributed by atoms with Gasteiger partial charge in [0.15, 0.2) is 0 Å². The summed E-state index contributed by atoms with van der Waals surface area (Å²) in [6.45, 7) is 7.55. The Morgan fingerprint density at radius 1 is 1.37 bits per heavy atom. The van der Waals surface area contributed by atoms with Crippen LogP contribution in [0.2, 0.25) is 0 Å². The number of carbonyl (C=O) groups is 1. The van der Waals surface area contributed by atoms with Gasteiger partial charge in [0.25, 0.3) is 0 Å². The van der Waals surface area contributed by atoms with Gasteiger partial charge < -0.3 is 14.9 Å². The fourth-order valence-corrected chi connectivity index (χ4v) is 2.80. The quantitative estimate of drug-likeness (QED) is 0.516. The van der Waals surface area contributed by atoms with E-state index < -0.39 is 12.2 Å². The second-order valence-electron chi connectivity index (χ2n) is 5.73. The third-order valence-corrected chi connectivity index (χ3v) is 4.35. The van der Waals surface area contributed by atoms with Crippen LogP contribution in [-0.4, -0.2) is 34.5 Å². The molecule has 0 saturated carbocycles. The minimum absolute atomic E-state index is 0.0560. The third-order valence-electron chi connectivity index (χ3n) is 4.35. The van der Waals surface area contributed by atoms with E-state index in [1.54, 1.807) is 0 Å². The van der Waals surface area contributed by atoms with Crippen LogP contribution in [0, 0.1) is 11.8 Å². The van der Waals surface area contributed by atoms with Crippen LogP contribution < -0.4 is 0 Å². The van der Waals surface area contributed by atoms with Gasteiger partial charge >= 0.3 is 5.97 Å². The van der Waals surface area contributed by atoms with E-state index in [2.05, 4.69) is 6.58 Å². The summed E-state index contributed by atoms with van der Waals surface area (Å²) in [5.41, 5.74) is 1.54. The number of hydrogen-bond acceptors (Lipinski definition) is 4. The zero-order valence-electron chi connectivity index (χ0n) is 11.5. The molecule has 2 N–H and O–H groups in total. The average molecular weight is 266 g/mol. The molecule has 0 bridgehead atoms. The van der Waals surface area contributed by atoms with E-state index in [1.165, 1.54) is 0 Å². The average Bonchev–Trinajstić information content (AvgIpc) is 2.62. The van der Waals surface area contributed by atoms with E-state index in [4.69, 9.17) is 4.74 Å².